The summed E-state index contributed by atoms with van der Waals surface area (Å²) in [6, 6.07) is 21.9. The number of hydrogen-bond acceptors (Lipinski definition) is 3. The molecule has 0 saturated carbocycles. The second kappa shape index (κ2) is 9.59. The van der Waals surface area contributed by atoms with E-state index in [2.05, 4.69) is 43.6 Å². The fraction of sp³-hybridized carbons (Fsp3) is 0.241. The quantitative estimate of drug-likeness (QED) is 0.219. The number of halogens is 1. The van der Waals surface area contributed by atoms with Crippen LogP contribution in [0.15, 0.2) is 82.8 Å². The molecular weight excluding hydrogens is 490 g/mol. The molecule has 1 atom stereocenters. The Bertz CT molecular complexity index is 1240. The van der Waals surface area contributed by atoms with Crippen LogP contribution in [0.25, 0.3) is 5.76 Å². The Morgan fingerprint density at radius 1 is 0.794 bits per heavy atom. The van der Waals surface area contributed by atoms with Crippen molar-refractivity contribution in [2.75, 3.05) is 4.90 Å². The molecule has 1 aliphatic heterocycles. The van der Waals surface area contributed by atoms with Gasteiger partial charge in [0.25, 0.3) is 11.7 Å². The minimum Gasteiger partial charge on any atom is -0.507 e. The van der Waals surface area contributed by atoms with Gasteiger partial charge in [0.15, 0.2) is 0 Å². The zero-order valence-electron chi connectivity index (χ0n) is 19.7. The van der Waals surface area contributed by atoms with Crippen molar-refractivity contribution in [2.45, 2.75) is 45.6 Å². The highest BCUT2D eigenvalue weighted by Gasteiger charge is 2.47. The first-order chi connectivity index (χ1) is 16.2. The van der Waals surface area contributed by atoms with Gasteiger partial charge in [0.05, 0.1) is 11.6 Å². The number of carbonyl (C=O) groups excluding carboxylic acids is 2. The van der Waals surface area contributed by atoms with Crippen LogP contribution >= 0.6 is 15.9 Å². The van der Waals surface area contributed by atoms with E-state index in [1.165, 1.54) is 4.90 Å². The summed E-state index contributed by atoms with van der Waals surface area (Å²) in [6.07, 6.45) is 0. The van der Waals surface area contributed by atoms with Gasteiger partial charge in [-0.05, 0) is 52.8 Å². The van der Waals surface area contributed by atoms with Gasteiger partial charge in [-0.15, -0.1) is 0 Å². The Morgan fingerprint density at radius 2 is 1.29 bits per heavy atom. The Morgan fingerprint density at radius 3 is 1.79 bits per heavy atom. The summed E-state index contributed by atoms with van der Waals surface area (Å²) in [6.45, 7) is 8.45. The number of Topliss-reactive ketones (excluding diaryl/α,β-unsaturated/α-hetero) is 1. The number of carbonyl (C=O) groups is 2. The molecule has 1 heterocycles. The molecule has 5 heteroatoms. The maximum absolute atomic E-state index is 13.3. The summed E-state index contributed by atoms with van der Waals surface area (Å²) in [5.41, 5.74) is 4.29. The van der Waals surface area contributed by atoms with Gasteiger partial charge >= 0.3 is 0 Å². The lowest BCUT2D eigenvalue weighted by Gasteiger charge is -2.26. The smallest absolute Gasteiger partial charge is 0.300 e. The zero-order chi connectivity index (χ0) is 24.6. The average Bonchev–Trinajstić information content (AvgIpc) is 3.09. The predicted octanol–water partition coefficient (Wildman–Crippen LogP) is 7.32. The summed E-state index contributed by atoms with van der Waals surface area (Å²) in [5, 5.41) is 11.2. The van der Waals surface area contributed by atoms with E-state index in [9.17, 15) is 14.7 Å². The normalized spacial score (nSPS) is 17.7. The molecule has 0 radical (unpaired) electrons. The van der Waals surface area contributed by atoms with Gasteiger partial charge in [-0.25, -0.2) is 0 Å². The number of aliphatic hydroxyl groups is 1. The van der Waals surface area contributed by atoms with E-state index >= 15 is 0 Å². The third-order valence-electron chi connectivity index (χ3n) is 6.32. The van der Waals surface area contributed by atoms with Gasteiger partial charge < -0.3 is 5.11 Å². The summed E-state index contributed by atoms with van der Waals surface area (Å²) in [5.74, 6) is -0.807. The van der Waals surface area contributed by atoms with Crippen molar-refractivity contribution in [3.05, 3.63) is 105 Å². The van der Waals surface area contributed by atoms with Crippen LogP contribution in [-0.4, -0.2) is 16.8 Å². The topological polar surface area (TPSA) is 57.6 Å². The molecule has 1 unspecified atom stereocenters. The highest BCUT2D eigenvalue weighted by atomic mass is 79.9. The Labute approximate surface area is 209 Å². The second-order valence-electron chi connectivity index (χ2n) is 9.24. The monoisotopic (exact) mass is 517 g/mol. The molecule has 3 aromatic carbocycles. The van der Waals surface area contributed by atoms with Crippen molar-refractivity contribution in [1.29, 1.82) is 0 Å². The fourth-order valence-corrected chi connectivity index (χ4v) is 4.52. The van der Waals surface area contributed by atoms with Crippen LogP contribution < -0.4 is 4.90 Å². The van der Waals surface area contributed by atoms with Crippen LogP contribution in [0.1, 0.15) is 67.8 Å². The molecule has 0 aromatic heterocycles. The molecule has 0 bridgehead atoms. The molecule has 1 fully saturated rings. The summed E-state index contributed by atoms with van der Waals surface area (Å²) >= 11 is 3.40. The second-order valence-corrected chi connectivity index (χ2v) is 10.2. The molecule has 0 spiro atoms. The molecule has 1 N–H and O–H groups in total. The van der Waals surface area contributed by atoms with Gasteiger partial charge in [-0.2, -0.15) is 0 Å². The Kier molecular flexibility index (Phi) is 6.76. The third-order valence-corrected chi connectivity index (χ3v) is 6.85. The SMILES string of the molecule is CC(C)c1ccc(C2/C(=C(/O)c3ccc(Br)cc3)C(=O)C(=O)N2c2ccc(C(C)C)cc2)cc1. The summed E-state index contributed by atoms with van der Waals surface area (Å²) in [7, 11) is 0. The van der Waals surface area contributed by atoms with Gasteiger partial charge in [0.1, 0.15) is 5.76 Å². The number of rotatable bonds is 5. The highest BCUT2D eigenvalue weighted by molar-refractivity contribution is 9.10. The Hall–Kier alpha value is -3.18. The van der Waals surface area contributed by atoms with Crippen molar-refractivity contribution >= 4 is 39.1 Å². The number of nitrogens with zero attached hydrogens (tertiary/aromatic N) is 1. The molecule has 4 nitrogen and oxygen atoms in total. The number of benzene rings is 3. The van der Waals surface area contributed by atoms with Crippen LogP contribution in [0.3, 0.4) is 0 Å². The molecule has 0 aliphatic carbocycles. The molecule has 1 aliphatic rings. The van der Waals surface area contributed by atoms with Crippen molar-refractivity contribution in [3.63, 3.8) is 0 Å². The van der Waals surface area contributed by atoms with Gasteiger partial charge in [-0.3, -0.25) is 14.5 Å². The largest absolute Gasteiger partial charge is 0.507 e. The molecule has 34 heavy (non-hydrogen) atoms. The molecule has 1 amide bonds. The van der Waals surface area contributed by atoms with E-state index < -0.39 is 17.7 Å². The molecule has 1 saturated heterocycles. The molecule has 4 rings (SSSR count). The van der Waals surface area contributed by atoms with Crippen molar-refractivity contribution in [1.82, 2.24) is 0 Å². The van der Waals surface area contributed by atoms with Crippen molar-refractivity contribution in [3.8, 4) is 0 Å². The van der Waals surface area contributed by atoms with Crippen LogP contribution in [0.5, 0.6) is 0 Å². The predicted molar refractivity (Wildman–Crippen MR) is 140 cm³/mol. The third kappa shape index (κ3) is 4.45. The van der Waals surface area contributed by atoms with Crippen molar-refractivity contribution < 1.29 is 14.7 Å². The van der Waals surface area contributed by atoms with E-state index in [4.69, 9.17) is 0 Å². The van der Waals surface area contributed by atoms with Gasteiger partial charge in [0.2, 0.25) is 0 Å². The minimum atomic E-state index is -0.727. The number of aliphatic hydroxyl groups excluding tert-OH is 1. The number of amides is 1. The molecular formula is C29H28BrNO3. The summed E-state index contributed by atoms with van der Waals surface area (Å²) < 4.78 is 0.857. The fourth-order valence-electron chi connectivity index (χ4n) is 4.26. The number of anilines is 1. The Balaban J connectivity index is 1.89. The van der Waals surface area contributed by atoms with E-state index in [0.717, 1.165) is 21.2 Å². The lowest BCUT2D eigenvalue weighted by molar-refractivity contribution is -0.132. The first-order valence-corrected chi connectivity index (χ1v) is 12.2. The average molecular weight is 518 g/mol. The van der Waals surface area contributed by atoms with Crippen LogP contribution in [0.4, 0.5) is 5.69 Å². The number of hydrogen-bond donors (Lipinski definition) is 1. The lowest BCUT2D eigenvalue weighted by atomic mass is 9.93. The van der Waals surface area contributed by atoms with Crippen LogP contribution in [0, 0.1) is 0 Å². The minimum absolute atomic E-state index is 0.0950. The lowest BCUT2D eigenvalue weighted by Crippen LogP contribution is -2.29. The number of ketones is 1. The molecule has 174 valence electrons. The van der Waals surface area contributed by atoms with Gasteiger partial charge in [0, 0.05) is 15.7 Å². The first-order valence-electron chi connectivity index (χ1n) is 11.5. The molecule has 3 aromatic rings. The van der Waals surface area contributed by atoms with E-state index in [1.54, 1.807) is 24.3 Å². The zero-order valence-corrected chi connectivity index (χ0v) is 21.3. The highest BCUT2D eigenvalue weighted by Crippen LogP contribution is 2.42. The summed E-state index contributed by atoms with van der Waals surface area (Å²) in [4.78, 5) is 28.1. The van der Waals surface area contributed by atoms with Crippen LogP contribution in [-0.2, 0) is 9.59 Å². The van der Waals surface area contributed by atoms with E-state index in [0.29, 0.717) is 23.1 Å². The first kappa shape index (κ1) is 24.0. The van der Waals surface area contributed by atoms with Crippen LogP contribution in [0.2, 0.25) is 0 Å². The van der Waals surface area contributed by atoms with Crippen molar-refractivity contribution in [2.24, 2.45) is 0 Å². The van der Waals surface area contributed by atoms with E-state index in [-0.39, 0.29) is 11.3 Å². The van der Waals surface area contributed by atoms with E-state index in [1.807, 2.05) is 48.5 Å². The standard InChI is InChI=1S/C29H28BrNO3/c1-17(2)19-5-7-21(8-6-19)26-25(27(32)22-9-13-23(30)14-10-22)28(33)29(34)31(26)24-15-11-20(12-16-24)18(3)4/h5-18,26,32H,1-4H3/b27-25-. The maximum atomic E-state index is 13.3. The van der Waals surface area contributed by atoms with Gasteiger partial charge in [-0.1, -0.05) is 92.2 Å². The maximum Gasteiger partial charge on any atom is 0.300 e.